The number of rotatable bonds is 9. The van der Waals surface area contributed by atoms with E-state index in [9.17, 15) is 14.4 Å². The summed E-state index contributed by atoms with van der Waals surface area (Å²) in [4.78, 5) is 35.8. The average Bonchev–Trinajstić information content (AvgIpc) is 2.89. The second-order valence-corrected chi connectivity index (χ2v) is 9.96. The van der Waals surface area contributed by atoms with Crippen molar-refractivity contribution in [3.05, 3.63) is 88.9 Å². The summed E-state index contributed by atoms with van der Waals surface area (Å²) in [5.41, 5.74) is 4.21. The van der Waals surface area contributed by atoms with Crippen molar-refractivity contribution in [2.75, 3.05) is 11.9 Å². The van der Waals surface area contributed by atoms with Gasteiger partial charge in [0.25, 0.3) is 5.91 Å². The fourth-order valence-electron chi connectivity index (χ4n) is 4.91. The number of benzene rings is 3. The average molecular weight is 519 g/mol. The molecule has 0 spiro atoms. The smallest absolute Gasteiger partial charge is 0.303 e. The highest BCUT2D eigenvalue weighted by Gasteiger charge is 2.24. The third-order valence-corrected chi connectivity index (χ3v) is 7.24. The van der Waals surface area contributed by atoms with Gasteiger partial charge in [-0.25, -0.2) is 0 Å². The van der Waals surface area contributed by atoms with Crippen molar-refractivity contribution < 1.29 is 19.5 Å². The van der Waals surface area contributed by atoms with Crippen molar-refractivity contribution in [1.29, 1.82) is 0 Å². The first-order valence-corrected chi connectivity index (χ1v) is 13.0. The van der Waals surface area contributed by atoms with Crippen molar-refractivity contribution in [3.63, 3.8) is 0 Å². The van der Waals surface area contributed by atoms with Crippen LogP contribution in [-0.4, -0.2) is 29.4 Å². The van der Waals surface area contributed by atoms with E-state index in [1.807, 2.05) is 60.7 Å². The lowest BCUT2D eigenvalue weighted by Gasteiger charge is -2.28. The third-order valence-electron chi connectivity index (χ3n) is 6.93. The van der Waals surface area contributed by atoms with Gasteiger partial charge >= 0.3 is 5.97 Å². The number of nitrogens with one attached hydrogen (secondary N) is 2. The predicted octanol–water partition coefficient (Wildman–Crippen LogP) is 6.51. The summed E-state index contributed by atoms with van der Waals surface area (Å²) in [6.07, 6.45) is 4.26. The second-order valence-electron chi connectivity index (χ2n) is 9.55. The van der Waals surface area contributed by atoms with Gasteiger partial charge in [0.15, 0.2) is 0 Å². The lowest BCUT2D eigenvalue weighted by molar-refractivity contribution is -0.138. The quantitative estimate of drug-likeness (QED) is 0.300. The van der Waals surface area contributed by atoms with Crippen LogP contribution in [0.3, 0.4) is 0 Å². The maximum atomic E-state index is 12.5. The number of carboxylic acid groups (broad SMARTS) is 1. The van der Waals surface area contributed by atoms with Gasteiger partial charge in [-0.15, -0.1) is 0 Å². The normalized spacial score (nSPS) is 17.1. The lowest BCUT2D eigenvalue weighted by Crippen LogP contribution is -2.27. The lowest BCUT2D eigenvalue weighted by atomic mass is 9.77. The molecule has 0 aliphatic heterocycles. The van der Waals surface area contributed by atoms with Gasteiger partial charge < -0.3 is 15.7 Å². The zero-order chi connectivity index (χ0) is 26.2. The van der Waals surface area contributed by atoms with Crippen LogP contribution >= 0.6 is 11.6 Å². The summed E-state index contributed by atoms with van der Waals surface area (Å²) in [7, 11) is 0. The van der Waals surface area contributed by atoms with Crippen molar-refractivity contribution >= 4 is 35.1 Å². The van der Waals surface area contributed by atoms with Gasteiger partial charge in [0.1, 0.15) is 0 Å². The molecule has 37 heavy (non-hydrogen) atoms. The first kappa shape index (κ1) is 26.4. The Morgan fingerprint density at radius 3 is 2.24 bits per heavy atom. The summed E-state index contributed by atoms with van der Waals surface area (Å²) in [6.45, 7) is 0.209. The van der Waals surface area contributed by atoms with Crippen LogP contribution < -0.4 is 10.6 Å². The van der Waals surface area contributed by atoms with E-state index >= 15 is 0 Å². The fraction of sp³-hybridized carbons (Fsp3) is 0.300. The van der Waals surface area contributed by atoms with Gasteiger partial charge in [0.2, 0.25) is 5.91 Å². The number of amides is 2. The number of aliphatic carboxylic acids is 1. The Hall–Kier alpha value is -3.64. The Balaban J connectivity index is 1.21. The van der Waals surface area contributed by atoms with E-state index < -0.39 is 5.97 Å². The van der Waals surface area contributed by atoms with Gasteiger partial charge in [-0.3, -0.25) is 14.4 Å². The van der Waals surface area contributed by atoms with E-state index in [2.05, 4.69) is 10.6 Å². The Labute approximate surface area is 222 Å². The minimum atomic E-state index is -0.718. The Morgan fingerprint density at radius 2 is 1.59 bits per heavy atom. The number of carbonyl (C=O) groups is 3. The Kier molecular flexibility index (Phi) is 8.96. The highest BCUT2D eigenvalue weighted by molar-refractivity contribution is 6.33. The van der Waals surface area contributed by atoms with E-state index in [4.69, 9.17) is 16.7 Å². The van der Waals surface area contributed by atoms with Crippen LogP contribution in [0.4, 0.5) is 5.69 Å². The van der Waals surface area contributed by atoms with Gasteiger partial charge in [-0.05, 0) is 72.9 Å². The van der Waals surface area contributed by atoms with E-state index in [-0.39, 0.29) is 37.1 Å². The van der Waals surface area contributed by atoms with Crippen LogP contribution in [0, 0.1) is 5.92 Å². The standard InChI is InChI=1S/C30H31ClN2O4/c31-27-19-24(12-15-26(27)23-4-2-1-3-5-23)30(37)32-17-16-28(34)33-25-13-10-22(11-14-25)21-8-6-20(7-9-21)18-29(35)36/h1-5,10-15,19-21H,6-9,16-18H2,(H,32,37)(H,33,34)(H,35,36)/t20-,21-. The predicted molar refractivity (Wildman–Crippen MR) is 146 cm³/mol. The molecule has 2 amide bonds. The van der Waals surface area contributed by atoms with Crippen LogP contribution in [0.5, 0.6) is 0 Å². The largest absolute Gasteiger partial charge is 0.481 e. The summed E-state index contributed by atoms with van der Waals surface area (Å²) >= 11 is 6.40. The zero-order valence-corrected chi connectivity index (χ0v) is 21.3. The first-order chi connectivity index (χ1) is 17.9. The van der Waals surface area contributed by atoms with E-state index in [0.29, 0.717) is 22.2 Å². The Morgan fingerprint density at radius 1 is 0.892 bits per heavy atom. The molecule has 1 aliphatic carbocycles. The van der Waals surface area contributed by atoms with Crippen molar-refractivity contribution in [3.8, 4) is 11.1 Å². The molecular formula is C30H31ClN2O4. The topological polar surface area (TPSA) is 95.5 Å². The molecule has 3 N–H and O–H groups in total. The molecule has 0 unspecified atom stereocenters. The van der Waals surface area contributed by atoms with Crippen LogP contribution in [0.25, 0.3) is 11.1 Å². The van der Waals surface area contributed by atoms with Crippen molar-refractivity contribution in [2.24, 2.45) is 5.92 Å². The van der Waals surface area contributed by atoms with E-state index in [1.165, 1.54) is 5.56 Å². The molecule has 1 fully saturated rings. The molecule has 3 aromatic rings. The summed E-state index contributed by atoms with van der Waals surface area (Å²) in [6, 6.07) is 22.8. The van der Waals surface area contributed by atoms with Gasteiger partial charge in [-0.2, -0.15) is 0 Å². The molecule has 1 saturated carbocycles. The number of hydrogen-bond donors (Lipinski definition) is 3. The molecule has 6 nitrogen and oxygen atoms in total. The number of carbonyl (C=O) groups excluding carboxylic acids is 2. The Bertz CT molecular complexity index is 1240. The first-order valence-electron chi connectivity index (χ1n) is 12.6. The van der Waals surface area contributed by atoms with E-state index in [1.54, 1.807) is 12.1 Å². The molecule has 0 aromatic heterocycles. The fourth-order valence-corrected chi connectivity index (χ4v) is 5.20. The van der Waals surface area contributed by atoms with Crippen LogP contribution in [0.1, 0.15) is 60.4 Å². The van der Waals surface area contributed by atoms with E-state index in [0.717, 1.165) is 36.8 Å². The number of halogens is 1. The molecule has 7 heteroatoms. The molecule has 192 valence electrons. The van der Waals surface area contributed by atoms with Gasteiger partial charge in [0.05, 0.1) is 0 Å². The highest BCUT2D eigenvalue weighted by Crippen LogP contribution is 2.37. The van der Waals surface area contributed by atoms with Crippen molar-refractivity contribution in [1.82, 2.24) is 5.32 Å². The monoisotopic (exact) mass is 518 g/mol. The zero-order valence-electron chi connectivity index (χ0n) is 20.6. The minimum absolute atomic E-state index is 0.150. The van der Waals surface area contributed by atoms with Crippen molar-refractivity contribution in [2.45, 2.75) is 44.4 Å². The van der Waals surface area contributed by atoms with Crippen LogP contribution in [-0.2, 0) is 9.59 Å². The van der Waals surface area contributed by atoms with Crippen LogP contribution in [0.15, 0.2) is 72.8 Å². The molecule has 4 rings (SSSR count). The molecule has 0 atom stereocenters. The number of hydrogen-bond acceptors (Lipinski definition) is 3. The van der Waals surface area contributed by atoms with Gasteiger partial charge in [0, 0.05) is 41.2 Å². The van der Waals surface area contributed by atoms with Gasteiger partial charge in [-0.1, -0.05) is 60.1 Å². The number of anilines is 1. The molecular weight excluding hydrogens is 488 g/mol. The van der Waals surface area contributed by atoms with Crippen LogP contribution in [0.2, 0.25) is 5.02 Å². The number of carboxylic acids is 1. The third kappa shape index (κ3) is 7.43. The molecule has 3 aromatic carbocycles. The maximum Gasteiger partial charge on any atom is 0.303 e. The minimum Gasteiger partial charge on any atom is -0.481 e. The maximum absolute atomic E-state index is 12.5. The summed E-state index contributed by atoms with van der Waals surface area (Å²) in [5, 5.41) is 15.1. The molecule has 0 heterocycles. The second kappa shape index (κ2) is 12.5. The summed E-state index contributed by atoms with van der Waals surface area (Å²) < 4.78 is 0. The SMILES string of the molecule is O=C(O)C[C@H]1CC[C@H](c2ccc(NC(=O)CCNC(=O)c3ccc(-c4ccccc4)c(Cl)c3)cc2)CC1. The molecule has 1 aliphatic rings. The summed E-state index contributed by atoms with van der Waals surface area (Å²) in [5.74, 6) is -0.472. The highest BCUT2D eigenvalue weighted by atomic mass is 35.5. The molecule has 0 saturated heterocycles. The molecule has 0 radical (unpaired) electrons. The molecule has 0 bridgehead atoms.